The highest BCUT2D eigenvalue weighted by atomic mass is 16.6. The lowest BCUT2D eigenvalue weighted by molar-refractivity contribution is -0.209. The summed E-state index contributed by atoms with van der Waals surface area (Å²) in [5.41, 5.74) is 2.37. The molecule has 3 atom stereocenters. The molecular formula is C43H38O6. The minimum absolute atomic E-state index is 0.0986. The second-order valence-corrected chi connectivity index (χ2v) is 12.7. The molecule has 7 rings (SSSR count). The molecular weight excluding hydrogens is 612 g/mol. The molecule has 49 heavy (non-hydrogen) atoms. The van der Waals surface area contributed by atoms with Crippen LogP contribution in [0.5, 0.6) is 28.7 Å². The molecule has 6 aromatic carbocycles. The van der Waals surface area contributed by atoms with Crippen LogP contribution in [0, 0.1) is 0 Å². The van der Waals surface area contributed by atoms with E-state index in [1.807, 2.05) is 97.1 Å². The fourth-order valence-corrected chi connectivity index (χ4v) is 7.41. The lowest BCUT2D eigenvalue weighted by Crippen LogP contribution is -2.65. The van der Waals surface area contributed by atoms with Gasteiger partial charge in [-0.05, 0) is 40.8 Å². The third kappa shape index (κ3) is 6.19. The third-order valence-electron chi connectivity index (χ3n) is 9.65. The Morgan fingerprint density at radius 2 is 1.08 bits per heavy atom. The fraction of sp³-hybridized carbons (Fsp3) is 0.163. The molecule has 0 bridgehead atoms. The van der Waals surface area contributed by atoms with E-state index in [1.165, 1.54) is 24.3 Å². The summed E-state index contributed by atoms with van der Waals surface area (Å²) in [7, 11) is 0. The van der Waals surface area contributed by atoms with Gasteiger partial charge >= 0.3 is 0 Å². The van der Waals surface area contributed by atoms with Gasteiger partial charge in [-0.15, -0.1) is 0 Å². The molecule has 0 radical (unpaired) electrons. The molecule has 6 nitrogen and oxygen atoms in total. The SMILES string of the molecule is Oc1cc(O)c2c(c1)O[C@@](Cc1ccccc1)(c1ccc(O)c(O)c1)[C@@](Cc1ccccc1)(OCc1ccccc1)C2Cc1ccccc1. The maximum absolute atomic E-state index is 11.7. The Morgan fingerprint density at radius 3 is 1.67 bits per heavy atom. The highest BCUT2D eigenvalue weighted by Gasteiger charge is 2.64. The van der Waals surface area contributed by atoms with Gasteiger partial charge in [0.05, 0.1) is 6.61 Å². The first-order valence-corrected chi connectivity index (χ1v) is 16.4. The number of hydrogen-bond acceptors (Lipinski definition) is 6. The van der Waals surface area contributed by atoms with Crippen molar-refractivity contribution in [3.63, 3.8) is 0 Å². The van der Waals surface area contributed by atoms with Crippen molar-refractivity contribution in [3.05, 3.63) is 185 Å². The Bertz CT molecular complexity index is 2020. The van der Waals surface area contributed by atoms with Crippen molar-refractivity contribution in [2.45, 2.75) is 43.0 Å². The van der Waals surface area contributed by atoms with Crippen LogP contribution in [-0.2, 0) is 36.2 Å². The molecule has 4 N–H and O–H groups in total. The normalized spacial score (nSPS) is 19.9. The number of aromatic hydroxyl groups is 4. The van der Waals surface area contributed by atoms with Crippen LogP contribution in [0.3, 0.4) is 0 Å². The van der Waals surface area contributed by atoms with E-state index >= 15 is 0 Å². The number of benzene rings is 6. The fourth-order valence-electron chi connectivity index (χ4n) is 7.41. The molecule has 1 aliphatic rings. The van der Waals surface area contributed by atoms with Crippen molar-refractivity contribution in [2.75, 3.05) is 0 Å². The first kappa shape index (κ1) is 31.9. The maximum Gasteiger partial charge on any atom is 0.168 e. The molecule has 0 saturated carbocycles. The topological polar surface area (TPSA) is 99.4 Å². The summed E-state index contributed by atoms with van der Waals surface area (Å²) in [5, 5.41) is 44.1. The number of fused-ring (bicyclic) bond motifs is 1. The molecule has 6 aromatic rings. The number of phenols is 4. The van der Waals surface area contributed by atoms with Crippen molar-refractivity contribution in [1.29, 1.82) is 0 Å². The van der Waals surface area contributed by atoms with Crippen molar-refractivity contribution < 1.29 is 29.9 Å². The zero-order valence-corrected chi connectivity index (χ0v) is 26.9. The van der Waals surface area contributed by atoms with Gasteiger partial charge in [-0.1, -0.05) is 127 Å². The first-order valence-electron chi connectivity index (χ1n) is 16.4. The van der Waals surface area contributed by atoms with Gasteiger partial charge in [-0.25, -0.2) is 0 Å². The summed E-state index contributed by atoms with van der Waals surface area (Å²) in [5.74, 6) is -1.02. The summed E-state index contributed by atoms with van der Waals surface area (Å²) in [6, 6.07) is 47.7. The molecule has 6 heteroatoms. The van der Waals surface area contributed by atoms with Gasteiger partial charge in [-0.3, -0.25) is 0 Å². The van der Waals surface area contributed by atoms with Crippen molar-refractivity contribution in [3.8, 4) is 28.7 Å². The molecule has 0 aromatic heterocycles. The molecule has 0 fully saturated rings. The van der Waals surface area contributed by atoms with E-state index in [0.717, 1.165) is 22.3 Å². The van der Waals surface area contributed by atoms with E-state index < -0.39 is 17.1 Å². The monoisotopic (exact) mass is 650 g/mol. The lowest BCUT2D eigenvalue weighted by atomic mass is 9.60. The molecule has 0 saturated heterocycles. The zero-order chi connectivity index (χ0) is 33.8. The predicted octanol–water partition coefficient (Wildman–Crippen LogP) is 8.56. The van der Waals surface area contributed by atoms with Crippen LogP contribution in [0.4, 0.5) is 0 Å². The molecule has 0 aliphatic carbocycles. The van der Waals surface area contributed by atoms with Crippen molar-refractivity contribution >= 4 is 0 Å². The maximum atomic E-state index is 11.7. The van der Waals surface area contributed by atoms with Crippen molar-refractivity contribution in [2.24, 2.45) is 0 Å². The minimum Gasteiger partial charge on any atom is -0.508 e. The second kappa shape index (κ2) is 13.4. The van der Waals surface area contributed by atoms with E-state index in [9.17, 15) is 20.4 Å². The molecule has 0 amide bonds. The van der Waals surface area contributed by atoms with Gasteiger partial charge in [0.1, 0.15) is 22.8 Å². The van der Waals surface area contributed by atoms with Gasteiger partial charge in [0.25, 0.3) is 0 Å². The zero-order valence-electron chi connectivity index (χ0n) is 26.9. The molecule has 1 unspecified atom stereocenters. The lowest BCUT2D eigenvalue weighted by Gasteiger charge is -2.57. The Hall–Kier alpha value is -5.72. The third-order valence-corrected chi connectivity index (χ3v) is 9.65. The van der Waals surface area contributed by atoms with Gasteiger partial charge in [0, 0.05) is 42.0 Å². The number of ether oxygens (including phenoxy) is 2. The number of rotatable bonds is 10. The van der Waals surface area contributed by atoms with Gasteiger partial charge in [-0.2, -0.15) is 0 Å². The average molecular weight is 651 g/mol. The van der Waals surface area contributed by atoms with E-state index in [2.05, 4.69) is 24.3 Å². The van der Waals surface area contributed by atoms with Crippen LogP contribution in [-0.4, -0.2) is 26.0 Å². The highest BCUT2D eigenvalue weighted by molar-refractivity contribution is 5.58. The molecule has 246 valence electrons. The number of hydrogen-bond donors (Lipinski definition) is 4. The van der Waals surface area contributed by atoms with Crippen LogP contribution >= 0.6 is 0 Å². The largest absolute Gasteiger partial charge is 0.508 e. The summed E-state index contributed by atoms with van der Waals surface area (Å²) >= 11 is 0. The van der Waals surface area contributed by atoms with E-state index in [1.54, 1.807) is 6.07 Å². The Labute approximate surface area is 286 Å². The Kier molecular flexibility index (Phi) is 8.72. The smallest absolute Gasteiger partial charge is 0.168 e. The number of phenolic OH excluding ortho intramolecular Hbond substituents is 4. The average Bonchev–Trinajstić information content (AvgIpc) is 3.11. The van der Waals surface area contributed by atoms with Crippen LogP contribution in [0.1, 0.15) is 39.3 Å². The van der Waals surface area contributed by atoms with Crippen molar-refractivity contribution in [1.82, 2.24) is 0 Å². The standard InChI is InChI=1S/C43H38O6/c44-35-25-39(47)41-36(23-30-13-5-1-6-14-30)43(28-32-17-9-3-10-18-32,48-29-33-19-11-4-12-20-33)42(49-40(41)26-35,27-31-15-7-2-8-16-31)34-21-22-37(45)38(46)24-34/h1-22,24-26,36,44-47H,23,27-29H2/t36?,42-,43-/m0/s1. The highest BCUT2D eigenvalue weighted by Crippen LogP contribution is 2.61. The van der Waals surface area contributed by atoms with Gasteiger partial charge < -0.3 is 29.9 Å². The Balaban J connectivity index is 1.59. The van der Waals surface area contributed by atoms with E-state index in [4.69, 9.17) is 9.47 Å². The summed E-state index contributed by atoms with van der Waals surface area (Å²) in [6.07, 6.45) is 1.10. The molecule has 0 spiro atoms. The minimum atomic E-state index is -1.38. The van der Waals surface area contributed by atoms with Crippen LogP contribution in [0.25, 0.3) is 0 Å². The molecule has 1 heterocycles. The Morgan fingerprint density at radius 1 is 0.531 bits per heavy atom. The van der Waals surface area contributed by atoms with Crippen LogP contribution < -0.4 is 4.74 Å². The molecule has 1 aliphatic heterocycles. The predicted molar refractivity (Wildman–Crippen MR) is 189 cm³/mol. The quantitative estimate of drug-likeness (QED) is 0.111. The van der Waals surface area contributed by atoms with Gasteiger partial charge in [0.15, 0.2) is 17.1 Å². The van der Waals surface area contributed by atoms with E-state index in [-0.39, 0.29) is 29.6 Å². The van der Waals surface area contributed by atoms with Crippen LogP contribution in [0.15, 0.2) is 152 Å². The second-order valence-electron chi connectivity index (χ2n) is 12.7. The summed E-state index contributed by atoms with van der Waals surface area (Å²) < 4.78 is 14.7. The first-order chi connectivity index (χ1) is 23.9. The summed E-state index contributed by atoms with van der Waals surface area (Å²) in [4.78, 5) is 0. The van der Waals surface area contributed by atoms with Gasteiger partial charge in [0.2, 0.25) is 0 Å². The summed E-state index contributed by atoms with van der Waals surface area (Å²) in [6.45, 7) is 0.219. The van der Waals surface area contributed by atoms with E-state index in [0.29, 0.717) is 36.1 Å². The van der Waals surface area contributed by atoms with Crippen LogP contribution in [0.2, 0.25) is 0 Å².